The van der Waals surface area contributed by atoms with Gasteiger partial charge in [-0.25, -0.2) is 9.78 Å². The minimum Gasteiger partial charge on any atom is -0.462 e. The van der Waals surface area contributed by atoms with E-state index in [2.05, 4.69) is 40.5 Å². The first-order valence-corrected chi connectivity index (χ1v) is 11.2. The number of nitrogens with one attached hydrogen (secondary N) is 3. The van der Waals surface area contributed by atoms with E-state index in [1.165, 1.54) is 0 Å². The molecule has 3 N–H and O–H groups in total. The third kappa shape index (κ3) is 4.87. The predicted octanol–water partition coefficient (Wildman–Crippen LogP) is 4.20. The highest BCUT2D eigenvalue weighted by molar-refractivity contribution is 6.26. The molecule has 8 nitrogen and oxygen atoms in total. The van der Waals surface area contributed by atoms with Crippen molar-refractivity contribution in [2.45, 2.75) is 40.3 Å². The average molecular weight is 461 g/mol. The lowest BCUT2D eigenvalue weighted by Gasteiger charge is -2.14. The molecule has 0 bridgehead atoms. The Hall–Kier alpha value is -3.91. The molecule has 0 aliphatic carbocycles. The average Bonchev–Trinajstić information content (AvgIpc) is 3.35. The number of nitrogens with zero attached hydrogens (tertiary/aromatic N) is 1. The second-order valence-corrected chi connectivity index (χ2v) is 8.32. The van der Waals surface area contributed by atoms with E-state index >= 15 is 0 Å². The fraction of sp³-hybridized carbons (Fsp3) is 0.269. The van der Waals surface area contributed by atoms with Gasteiger partial charge in [-0.3, -0.25) is 4.79 Å². The van der Waals surface area contributed by atoms with Gasteiger partial charge in [0, 0.05) is 41.6 Å². The lowest BCUT2D eigenvalue weighted by atomic mass is 10.1. The van der Waals surface area contributed by atoms with Gasteiger partial charge in [-0.2, -0.15) is 0 Å². The van der Waals surface area contributed by atoms with E-state index in [4.69, 9.17) is 9.47 Å². The number of ether oxygens (including phenoxy) is 2. The van der Waals surface area contributed by atoms with Crippen LogP contribution in [0.3, 0.4) is 0 Å². The van der Waals surface area contributed by atoms with Crippen molar-refractivity contribution in [2.75, 3.05) is 11.9 Å². The Morgan fingerprint density at radius 1 is 1.29 bits per heavy atom. The molecular formula is C26H28N4O4. The van der Waals surface area contributed by atoms with Crippen molar-refractivity contribution >= 4 is 34.5 Å². The number of pyridine rings is 1. The van der Waals surface area contributed by atoms with Crippen molar-refractivity contribution in [1.82, 2.24) is 15.3 Å². The number of hydrogen-bond donors (Lipinski definition) is 3. The summed E-state index contributed by atoms with van der Waals surface area (Å²) in [7, 11) is 0. The minimum absolute atomic E-state index is 0.0331. The molecule has 0 saturated heterocycles. The number of carbonyl (C=O) groups is 2. The Balaban J connectivity index is 1.64. The van der Waals surface area contributed by atoms with Gasteiger partial charge in [-0.1, -0.05) is 26.0 Å². The molecule has 1 aliphatic heterocycles. The Bertz CT molecular complexity index is 1300. The number of esters is 1. The number of rotatable bonds is 8. The third-order valence-corrected chi connectivity index (χ3v) is 5.39. The smallest absolute Gasteiger partial charge is 0.347 e. The number of carbonyl (C=O) groups excluding carboxylic acids is 2. The molecule has 0 spiro atoms. The van der Waals surface area contributed by atoms with E-state index in [1.807, 2.05) is 31.2 Å². The summed E-state index contributed by atoms with van der Waals surface area (Å²) in [6.45, 7) is 8.73. The summed E-state index contributed by atoms with van der Waals surface area (Å²) < 4.78 is 11.0. The topological polar surface area (TPSA) is 105 Å². The molecule has 3 aromatic rings. The van der Waals surface area contributed by atoms with Crippen LogP contribution in [0, 0.1) is 6.92 Å². The zero-order chi connectivity index (χ0) is 24.2. The van der Waals surface area contributed by atoms with Gasteiger partial charge in [-0.05, 0) is 49.2 Å². The zero-order valence-electron chi connectivity index (χ0n) is 19.7. The van der Waals surface area contributed by atoms with E-state index in [1.54, 1.807) is 25.4 Å². The fourth-order valence-corrected chi connectivity index (χ4v) is 3.66. The molecule has 0 amide bonds. The van der Waals surface area contributed by atoms with Gasteiger partial charge >= 0.3 is 5.97 Å². The molecule has 0 saturated carbocycles. The maximum Gasteiger partial charge on any atom is 0.347 e. The standard InChI is InChI=1S/C26H28N4O4/c1-5-33-26(32)22-23(31)21(12-18-14-29-24-19(18)7-6-10-27-24)34-25(22)30-20-9-8-17(11-16(20)4)13-28-15(2)3/h6-12,14-15,28,30H,5,13H2,1-4H3,(H,27,29)/b21-12-. The second kappa shape index (κ2) is 9.93. The van der Waals surface area contributed by atoms with Crippen LogP contribution in [0.2, 0.25) is 0 Å². The van der Waals surface area contributed by atoms with Crippen LogP contribution in [0.5, 0.6) is 0 Å². The Morgan fingerprint density at radius 2 is 2.12 bits per heavy atom. The lowest BCUT2D eigenvalue weighted by molar-refractivity contribution is -0.139. The van der Waals surface area contributed by atoms with Crippen LogP contribution in [0.1, 0.15) is 37.5 Å². The molecule has 0 atom stereocenters. The van der Waals surface area contributed by atoms with Gasteiger partial charge in [0.2, 0.25) is 11.7 Å². The van der Waals surface area contributed by atoms with Gasteiger partial charge in [0.25, 0.3) is 0 Å². The molecule has 4 rings (SSSR count). The Labute approximate surface area is 198 Å². The lowest BCUT2D eigenvalue weighted by Crippen LogP contribution is -2.21. The molecule has 0 fully saturated rings. The van der Waals surface area contributed by atoms with Crippen LogP contribution in [0.4, 0.5) is 5.69 Å². The first-order chi connectivity index (χ1) is 16.4. The van der Waals surface area contributed by atoms with E-state index in [0.717, 1.165) is 34.3 Å². The SMILES string of the molecule is CCOC(=O)C1=C(Nc2ccc(CNC(C)C)cc2C)O/C(=C\c2c[nH]c3ncccc23)C1=O. The van der Waals surface area contributed by atoms with E-state index in [-0.39, 0.29) is 23.8 Å². The number of aromatic nitrogens is 2. The first-order valence-electron chi connectivity index (χ1n) is 11.2. The number of fused-ring (bicyclic) bond motifs is 1. The normalized spacial score (nSPS) is 14.9. The largest absolute Gasteiger partial charge is 0.462 e. The van der Waals surface area contributed by atoms with Crippen molar-refractivity contribution < 1.29 is 19.1 Å². The van der Waals surface area contributed by atoms with Crippen molar-refractivity contribution in [1.29, 1.82) is 0 Å². The van der Waals surface area contributed by atoms with Crippen LogP contribution in [0.25, 0.3) is 17.1 Å². The highest BCUT2D eigenvalue weighted by Gasteiger charge is 2.37. The van der Waals surface area contributed by atoms with E-state index < -0.39 is 11.8 Å². The molecule has 34 heavy (non-hydrogen) atoms. The highest BCUT2D eigenvalue weighted by Crippen LogP contribution is 2.31. The molecule has 0 radical (unpaired) electrons. The van der Waals surface area contributed by atoms with Crippen molar-refractivity contribution in [3.8, 4) is 0 Å². The molecule has 2 aromatic heterocycles. The number of benzene rings is 1. The summed E-state index contributed by atoms with van der Waals surface area (Å²) in [5.41, 5.74) is 4.09. The van der Waals surface area contributed by atoms with Crippen LogP contribution in [-0.2, 0) is 25.6 Å². The van der Waals surface area contributed by atoms with Gasteiger partial charge in [0.05, 0.1) is 6.61 Å². The third-order valence-electron chi connectivity index (χ3n) is 5.39. The quantitative estimate of drug-likeness (QED) is 0.263. The molecule has 3 heterocycles. The summed E-state index contributed by atoms with van der Waals surface area (Å²) in [6, 6.07) is 10.0. The number of hydrogen-bond acceptors (Lipinski definition) is 7. The summed E-state index contributed by atoms with van der Waals surface area (Å²) in [4.78, 5) is 33.1. The number of Topliss-reactive ketones (excluding diaryl/α,β-unsaturated/α-hetero) is 1. The fourth-order valence-electron chi connectivity index (χ4n) is 3.66. The van der Waals surface area contributed by atoms with E-state index in [0.29, 0.717) is 11.7 Å². The number of ketones is 1. The van der Waals surface area contributed by atoms with E-state index in [9.17, 15) is 9.59 Å². The summed E-state index contributed by atoms with van der Waals surface area (Å²) in [6.07, 6.45) is 5.02. The molecule has 8 heteroatoms. The predicted molar refractivity (Wildman–Crippen MR) is 131 cm³/mol. The molecule has 176 valence electrons. The molecule has 1 aromatic carbocycles. The minimum atomic E-state index is -0.727. The maximum atomic E-state index is 13.1. The van der Waals surface area contributed by atoms with Gasteiger partial charge < -0.3 is 25.1 Å². The number of anilines is 1. The van der Waals surface area contributed by atoms with Crippen molar-refractivity contribution in [2.24, 2.45) is 0 Å². The van der Waals surface area contributed by atoms with Gasteiger partial charge in [0.15, 0.2) is 11.3 Å². The Morgan fingerprint density at radius 3 is 2.85 bits per heavy atom. The van der Waals surface area contributed by atoms with Gasteiger partial charge in [-0.15, -0.1) is 0 Å². The van der Waals surface area contributed by atoms with Crippen molar-refractivity contribution in [3.05, 3.63) is 76.6 Å². The monoisotopic (exact) mass is 460 g/mol. The summed E-state index contributed by atoms with van der Waals surface area (Å²) in [5.74, 6) is -1.17. The summed E-state index contributed by atoms with van der Waals surface area (Å²) >= 11 is 0. The van der Waals surface area contributed by atoms with Crippen LogP contribution < -0.4 is 10.6 Å². The number of allylic oxidation sites excluding steroid dienone is 1. The molecule has 1 aliphatic rings. The summed E-state index contributed by atoms with van der Waals surface area (Å²) in [5, 5.41) is 7.35. The molecular weight excluding hydrogens is 432 g/mol. The zero-order valence-corrected chi connectivity index (χ0v) is 19.7. The second-order valence-electron chi connectivity index (χ2n) is 8.32. The van der Waals surface area contributed by atoms with Crippen LogP contribution in [0.15, 0.2) is 59.9 Å². The number of H-pyrrole nitrogens is 1. The van der Waals surface area contributed by atoms with Crippen LogP contribution in [-0.4, -0.2) is 34.4 Å². The Kier molecular flexibility index (Phi) is 6.79. The van der Waals surface area contributed by atoms with Crippen molar-refractivity contribution in [3.63, 3.8) is 0 Å². The molecule has 0 unspecified atom stereocenters. The number of aromatic amines is 1. The first kappa shape index (κ1) is 23.3. The highest BCUT2D eigenvalue weighted by atomic mass is 16.5. The number of aryl methyl sites for hydroxylation is 1. The maximum absolute atomic E-state index is 13.1. The van der Waals surface area contributed by atoms with Gasteiger partial charge in [0.1, 0.15) is 5.65 Å². The van der Waals surface area contributed by atoms with Crippen LogP contribution >= 0.6 is 0 Å².